The van der Waals surface area contributed by atoms with Gasteiger partial charge in [-0.05, 0) is 76.6 Å². The Morgan fingerprint density at radius 2 is 1.76 bits per heavy atom. The van der Waals surface area contributed by atoms with Crippen molar-refractivity contribution in [1.82, 2.24) is 14.1 Å². The molecular weight excluding hydrogens is 456 g/mol. The maximum atomic E-state index is 13.3. The third kappa shape index (κ3) is 5.17. The van der Waals surface area contributed by atoms with E-state index in [0.29, 0.717) is 41.5 Å². The summed E-state index contributed by atoms with van der Waals surface area (Å²) in [5, 5.41) is 7.01. The predicted octanol–water partition coefficient (Wildman–Crippen LogP) is 3.26. The quantitative estimate of drug-likeness (QED) is 0.623. The maximum Gasteiger partial charge on any atom is 0.338 e. The van der Waals surface area contributed by atoms with Crippen LogP contribution in [0, 0.1) is 33.6 Å². The first-order valence-electron chi connectivity index (χ1n) is 11.5. The van der Waals surface area contributed by atoms with Gasteiger partial charge >= 0.3 is 5.97 Å². The lowest BCUT2D eigenvalue weighted by Crippen LogP contribution is -2.38. The lowest BCUT2D eigenvalue weighted by molar-refractivity contribution is -0.123. The van der Waals surface area contributed by atoms with Gasteiger partial charge in [-0.15, -0.1) is 0 Å². The number of sulfonamides is 1. The van der Waals surface area contributed by atoms with Gasteiger partial charge in [0.05, 0.1) is 27.5 Å². The zero-order valence-corrected chi connectivity index (χ0v) is 21.7. The molecule has 0 bridgehead atoms. The van der Waals surface area contributed by atoms with E-state index in [1.807, 2.05) is 6.92 Å². The SMILES string of the molecule is Cc1cc(C(=O)OC(C)C(=O)Nc2c(C)nn(C)c2C)cc(S(=O)(=O)N2CCC(C)CC2)c1C. The van der Waals surface area contributed by atoms with Gasteiger partial charge in [0.1, 0.15) is 0 Å². The number of carbonyl (C=O) groups excluding carboxylic acids is 2. The number of esters is 1. The van der Waals surface area contributed by atoms with Gasteiger partial charge in [0, 0.05) is 20.1 Å². The Labute approximate surface area is 201 Å². The van der Waals surface area contributed by atoms with Gasteiger partial charge in [0.15, 0.2) is 6.10 Å². The highest BCUT2D eigenvalue weighted by Gasteiger charge is 2.31. The average molecular weight is 491 g/mol. The van der Waals surface area contributed by atoms with E-state index in [0.717, 1.165) is 18.5 Å². The fourth-order valence-corrected chi connectivity index (χ4v) is 5.83. The number of aromatic nitrogens is 2. The number of rotatable bonds is 6. The van der Waals surface area contributed by atoms with Gasteiger partial charge in [-0.1, -0.05) is 6.92 Å². The Morgan fingerprint density at radius 1 is 1.15 bits per heavy atom. The Kier molecular flexibility index (Phi) is 7.52. The molecular formula is C24H34N4O5S. The first kappa shape index (κ1) is 25.9. The standard InChI is InChI=1S/C24H34N4O5S/c1-14-8-10-28(11-9-14)34(31,32)21-13-20(12-15(2)16(21)3)24(30)33-19(6)23(29)25-22-17(4)26-27(7)18(22)5/h12-14,19H,8-11H2,1-7H3,(H,25,29). The van der Waals surface area contributed by atoms with Crippen molar-refractivity contribution in [3.05, 3.63) is 40.2 Å². The van der Waals surface area contributed by atoms with Gasteiger partial charge in [0.25, 0.3) is 5.91 Å². The average Bonchev–Trinajstić information content (AvgIpc) is 3.01. The van der Waals surface area contributed by atoms with Crippen molar-refractivity contribution in [2.75, 3.05) is 18.4 Å². The molecule has 1 aromatic carbocycles. The highest BCUT2D eigenvalue weighted by molar-refractivity contribution is 7.89. The van der Waals surface area contributed by atoms with Crippen LogP contribution in [0.2, 0.25) is 0 Å². The van der Waals surface area contributed by atoms with Crippen LogP contribution in [0.4, 0.5) is 5.69 Å². The second-order valence-electron chi connectivity index (χ2n) is 9.21. The molecule has 0 radical (unpaired) electrons. The van der Waals surface area contributed by atoms with Crippen LogP contribution in [0.1, 0.15) is 59.6 Å². The normalized spacial score (nSPS) is 16.3. The highest BCUT2D eigenvalue weighted by atomic mass is 32.2. The summed E-state index contributed by atoms with van der Waals surface area (Å²) in [5.41, 5.74) is 3.37. The minimum absolute atomic E-state index is 0.0976. The first-order valence-corrected chi connectivity index (χ1v) is 12.9. The van der Waals surface area contributed by atoms with Gasteiger partial charge < -0.3 is 10.1 Å². The van der Waals surface area contributed by atoms with E-state index in [1.165, 1.54) is 17.3 Å². The van der Waals surface area contributed by atoms with Crippen LogP contribution in [0.25, 0.3) is 0 Å². The molecule has 2 aromatic rings. The number of amides is 1. The number of hydrogen-bond donors (Lipinski definition) is 1. The van der Waals surface area contributed by atoms with E-state index in [4.69, 9.17) is 4.74 Å². The van der Waals surface area contributed by atoms with Crippen molar-refractivity contribution in [1.29, 1.82) is 0 Å². The molecule has 186 valence electrons. The van der Waals surface area contributed by atoms with E-state index in [-0.39, 0.29) is 10.5 Å². The summed E-state index contributed by atoms with van der Waals surface area (Å²) in [5.74, 6) is -0.761. The van der Waals surface area contributed by atoms with Crippen LogP contribution < -0.4 is 5.32 Å². The van der Waals surface area contributed by atoms with E-state index in [1.54, 1.807) is 38.6 Å². The van der Waals surface area contributed by atoms with Crippen LogP contribution >= 0.6 is 0 Å². The molecule has 1 amide bonds. The minimum Gasteiger partial charge on any atom is -0.449 e. The predicted molar refractivity (Wildman–Crippen MR) is 129 cm³/mol. The van der Waals surface area contributed by atoms with Crippen molar-refractivity contribution >= 4 is 27.6 Å². The number of benzene rings is 1. The molecule has 1 aromatic heterocycles. The minimum atomic E-state index is -3.75. The second kappa shape index (κ2) is 9.87. The van der Waals surface area contributed by atoms with Gasteiger partial charge in [-0.25, -0.2) is 13.2 Å². The number of carbonyl (C=O) groups is 2. The molecule has 0 spiro atoms. The number of nitrogens with zero attached hydrogens (tertiary/aromatic N) is 3. The molecule has 34 heavy (non-hydrogen) atoms. The topological polar surface area (TPSA) is 111 Å². The van der Waals surface area contributed by atoms with Crippen LogP contribution in [-0.2, 0) is 26.6 Å². The van der Waals surface area contributed by atoms with Gasteiger partial charge in [0.2, 0.25) is 10.0 Å². The smallest absolute Gasteiger partial charge is 0.338 e. The number of piperidine rings is 1. The maximum absolute atomic E-state index is 13.3. The molecule has 1 fully saturated rings. The Bertz CT molecular complexity index is 1210. The molecule has 2 heterocycles. The van der Waals surface area contributed by atoms with E-state index >= 15 is 0 Å². The number of ether oxygens (including phenoxy) is 1. The van der Waals surface area contributed by atoms with Crippen LogP contribution in [-0.4, -0.2) is 53.6 Å². The summed E-state index contributed by atoms with van der Waals surface area (Å²) in [6, 6.07) is 2.95. The molecule has 1 unspecified atom stereocenters. The third-order valence-corrected chi connectivity index (χ3v) is 8.65. The molecule has 1 atom stereocenters. The number of nitrogens with one attached hydrogen (secondary N) is 1. The van der Waals surface area contributed by atoms with Gasteiger partial charge in [-0.2, -0.15) is 9.40 Å². The number of aryl methyl sites for hydroxylation is 3. The summed E-state index contributed by atoms with van der Waals surface area (Å²) < 4.78 is 35.2. The van der Waals surface area contributed by atoms with Crippen molar-refractivity contribution in [2.45, 2.75) is 65.4 Å². The summed E-state index contributed by atoms with van der Waals surface area (Å²) in [4.78, 5) is 25.6. The highest BCUT2D eigenvalue weighted by Crippen LogP contribution is 2.28. The summed E-state index contributed by atoms with van der Waals surface area (Å²) in [6.07, 6.45) is 0.528. The molecule has 1 aliphatic heterocycles. The summed E-state index contributed by atoms with van der Waals surface area (Å²) in [6.45, 7) is 11.6. The molecule has 3 rings (SSSR count). The summed E-state index contributed by atoms with van der Waals surface area (Å²) >= 11 is 0. The fraction of sp³-hybridized carbons (Fsp3) is 0.542. The third-order valence-electron chi connectivity index (χ3n) is 6.63. The molecule has 0 saturated carbocycles. The number of anilines is 1. The Hall–Kier alpha value is -2.72. The van der Waals surface area contributed by atoms with Crippen LogP contribution in [0.5, 0.6) is 0 Å². The summed E-state index contributed by atoms with van der Waals surface area (Å²) in [7, 11) is -1.98. The Morgan fingerprint density at radius 3 is 2.32 bits per heavy atom. The van der Waals surface area contributed by atoms with Gasteiger partial charge in [-0.3, -0.25) is 9.48 Å². The van der Waals surface area contributed by atoms with Crippen LogP contribution in [0.15, 0.2) is 17.0 Å². The fourth-order valence-electron chi connectivity index (χ4n) is 4.04. The molecule has 1 aliphatic rings. The Balaban J connectivity index is 1.79. The number of hydrogen-bond acceptors (Lipinski definition) is 6. The van der Waals surface area contributed by atoms with E-state index in [9.17, 15) is 18.0 Å². The van der Waals surface area contributed by atoms with E-state index < -0.39 is 28.0 Å². The van der Waals surface area contributed by atoms with Crippen molar-refractivity contribution in [3.8, 4) is 0 Å². The lowest BCUT2D eigenvalue weighted by atomic mass is 10.0. The zero-order chi connectivity index (χ0) is 25.4. The van der Waals surface area contributed by atoms with Crippen molar-refractivity contribution in [3.63, 3.8) is 0 Å². The van der Waals surface area contributed by atoms with Crippen LogP contribution in [0.3, 0.4) is 0 Å². The van der Waals surface area contributed by atoms with Crippen molar-refractivity contribution < 1.29 is 22.7 Å². The molecule has 1 saturated heterocycles. The largest absolute Gasteiger partial charge is 0.449 e. The van der Waals surface area contributed by atoms with Crippen molar-refractivity contribution in [2.24, 2.45) is 13.0 Å². The first-order chi connectivity index (χ1) is 15.8. The molecule has 9 nitrogen and oxygen atoms in total. The molecule has 0 aliphatic carbocycles. The second-order valence-corrected chi connectivity index (χ2v) is 11.1. The molecule has 10 heteroatoms. The van der Waals surface area contributed by atoms with E-state index in [2.05, 4.69) is 17.3 Å². The molecule has 1 N–H and O–H groups in total. The lowest BCUT2D eigenvalue weighted by Gasteiger charge is -2.30. The monoisotopic (exact) mass is 490 g/mol. The zero-order valence-electron chi connectivity index (χ0n) is 20.9.